The number of esters is 2. The molecule has 0 saturated heterocycles. The third kappa shape index (κ3) is 26.0. The fourth-order valence-electron chi connectivity index (χ4n) is 2.52. The lowest BCUT2D eigenvalue weighted by molar-refractivity contribution is -0.156. The molecule has 16 heteroatoms. The highest BCUT2D eigenvalue weighted by Crippen LogP contribution is 1.80. The summed E-state index contributed by atoms with van der Waals surface area (Å²) in [5.74, 6) is -2.40. The number of rotatable bonds is 25. The van der Waals surface area contributed by atoms with Gasteiger partial charge < -0.3 is 57.1 Å². The van der Waals surface area contributed by atoms with Gasteiger partial charge in [-0.3, -0.25) is 19.2 Å². The standard InChI is InChI=1S/C21H42N8O8/c1-36-21(35)16-37-20(34)15-27-9-5-23-3-7-25-13-18(31)29-11-10-28-17(30)12-24-6-2-22-4-8-26-14-19(32)33/h22-27H,2-16H2,1H3,(H,28,30)(H,29,31)(H,32,33). The first kappa shape index (κ1) is 34.1. The molecular weight excluding hydrogens is 492 g/mol. The van der Waals surface area contributed by atoms with E-state index in [4.69, 9.17) is 5.11 Å². The zero-order valence-electron chi connectivity index (χ0n) is 21.4. The van der Waals surface area contributed by atoms with Crippen LogP contribution in [-0.2, 0) is 33.4 Å². The molecule has 0 rings (SSSR count). The van der Waals surface area contributed by atoms with E-state index in [-0.39, 0.29) is 38.0 Å². The van der Waals surface area contributed by atoms with Crippen molar-refractivity contribution in [3.05, 3.63) is 0 Å². The Kier molecular flexibility index (Phi) is 22.9. The molecule has 0 unspecified atom stereocenters. The first-order chi connectivity index (χ1) is 17.8. The topological polar surface area (TPSA) is 220 Å². The fraction of sp³-hybridized carbons (Fsp3) is 0.762. The number of carboxylic acids is 1. The highest BCUT2D eigenvalue weighted by atomic mass is 16.6. The van der Waals surface area contributed by atoms with Crippen molar-refractivity contribution < 1.29 is 38.6 Å². The summed E-state index contributed by atoms with van der Waals surface area (Å²) in [7, 11) is 1.21. The summed E-state index contributed by atoms with van der Waals surface area (Å²) in [5, 5.41) is 31.7. The second-order valence-electron chi connectivity index (χ2n) is 7.54. The normalized spacial score (nSPS) is 10.5. The quantitative estimate of drug-likeness (QED) is 0.0394. The molecule has 0 aromatic heterocycles. The van der Waals surface area contributed by atoms with Crippen LogP contribution in [0.5, 0.6) is 0 Å². The zero-order chi connectivity index (χ0) is 27.6. The number of amides is 2. The van der Waals surface area contributed by atoms with E-state index < -0.39 is 24.5 Å². The number of hydrogen-bond donors (Lipinski definition) is 9. The van der Waals surface area contributed by atoms with Crippen molar-refractivity contribution in [2.75, 3.05) is 105 Å². The van der Waals surface area contributed by atoms with Gasteiger partial charge in [-0.1, -0.05) is 0 Å². The molecule has 0 bridgehead atoms. The molecule has 0 heterocycles. The second kappa shape index (κ2) is 24.8. The van der Waals surface area contributed by atoms with Crippen LogP contribution in [0.2, 0.25) is 0 Å². The van der Waals surface area contributed by atoms with Crippen LogP contribution < -0.4 is 42.5 Å². The molecule has 0 spiro atoms. The molecule has 16 nitrogen and oxygen atoms in total. The molecule has 37 heavy (non-hydrogen) atoms. The highest BCUT2D eigenvalue weighted by Gasteiger charge is 2.06. The number of hydrogen-bond acceptors (Lipinski definition) is 13. The van der Waals surface area contributed by atoms with E-state index in [0.29, 0.717) is 65.4 Å². The molecule has 0 fully saturated rings. The molecule has 0 atom stereocenters. The Morgan fingerprint density at radius 1 is 0.541 bits per heavy atom. The van der Waals surface area contributed by atoms with Gasteiger partial charge in [0.2, 0.25) is 11.8 Å². The van der Waals surface area contributed by atoms with Crippen molar-refractivity contribution in [1.82, 2.24) is 42.5 Å². The summed E-state index contributed by atoms with van der Waals surface area (Å²) < 4.78 is 9.04. The van der Waals surface area contributed by atoms with Crippen LogP contribution in [-0.4, -0.2) is 140 Å². The largest absolute Gasteiger partial charge is 0.480 e. The van der Waals surface area contributed by atoms with Gasteiger partial charge in [0, 0.05) is 65.4 Å². The molecule has 2 amide bonds. The summed E-state index contributed by atoms with van der Waals surface area (Å²) in [4.78, 5) is 56.0. The van der Waals surface area contributed by atoms with Crippen LogP contribution in [0.3, 0.4) is 0 Å². The van der Waals surface area contributed by atoms with Gasteiger partial charge in [0.05, 0.1) is 33.3 Å². The summed E-state index contributed by atoms with van der Waals surface area (Å²) >= 11 is 0. The minimum Gasteiger partial charge on any atom is -0.480 e. The summed E-state index contributed by atoms with van der Waals surface area (Å²) in [6.07, 6.45) is 0. The lowest BCUT2D eigenvalue weighted by Crippen LogP contribution is -2.42. The Balaban J connectivity index is 3.39. The Labute approximate surface area is 216 Å². The van der Waals surface area contributed by atoms with Crippen molar-refractivity contribution in [1.29, 1.82) is 0 Å². The van der Waals surface area contributed by atoms with Gasteiger partial charge in [0.15, 0.2) is 6.61 Å². The van der Waals surface area contributed by atoms with Crippen molar-refractivity contribution in [2.45, 2.75) is 0 Å². The molecule has 0 saturated carbocycles. The third-order valence-corrected chi connectivity index (χ3v) is 4.38. The Morgan fingerprint density at radius 2 is 0.946 bits per heavy atom. The van der Waals surface area contributed by atoms with E-state index in [1.54, 1.807) is 0 Å². The van der Waals surface area contributed by atoms with Crippen LogP contribution in [0.25, 0.3) is 0 Å². The maximum Gasteiger partial charge on any atom is 0.344 e. The summed E-state index contributed by atoms with van der Waals surface area (Å²) in [6, 6.07) is 0. The fourth-order valence-corrected chi connectivity index (χ4v) is 2.52. The monoisotopic (exact) mass is 534 g/mol. The van der Waals surface area contributed by atoms with Crippen LogP contribution in [0.1, 0.15) is 0 Å². The third-order valence-electron chi connectivity index (χ3n) is 4.38. The van der Waals surface area contributed by atoms with Crippen molar-refractivity contribution >= 4 is 29.7 Å². The van der Waals surface area contributed by atoms with Crippen LogP contribution in [0.4, 0.5) is 0 Å². The molecule has 0 aliphatic carbocycles. The van der Waals surface area contributed by atoms with Gasteiger partial charge in [-0.15, -0.1) is 0 Å². The lowest BCUT2D eigenvalue weighted by Gasteiger charge is -2.10. The predicted molar refractivity (Wildman–Crippen MR) is 134 cm³/mol. The van der Waals surface area contributed by atoms with E-state index in [2.05, 4.69) is 52.0 Å². The Hall–Kier alpha value is -2.89. The summed E-state index contributed by atoms with van der Waals surface area (Å²) in [6.45, 7) is 5.23. The molecule has 214 valence electrons. The molecule has 0 aliphatic heterocycles. The van der Waals surface area contributed by atoms with Gasteiger partial charge >= 0.3 is 17.9 Å². The molecule has 0 aromatic rings. The predicted octanol–water partition coefficient (Wildman–Crippen LogP) is -5.44. The van der Waals surface area contributed by atoms with Crippen molar-refractivity contribution in [3.8, 4) is 0 Å². The number of aliphatic carboxylic acids is 1. The van der Waals surface area contributed by atoms with E-state index in [9.17, 15) is 24.0 Å². The smallest absolute Gasteiger partial charge is 0.344 e. The highest BCUT2D eigenvalue weighted by molar-refractivity contribution is 5.79. The molecule has 0 aliphatic rings. The van der Waals surface area contributed by atoms with E-state index in [1.165, 1.54) is 7.11 Å². The minimum atomic E-state index is -0.894. The minimum absolute atomic E-state index is 0.0115. The second-order valence-corrected chi connectivity index (χ2v) is 7.54. The number of carbonyl (C=O) groups is 5. The molecule has 0 aromatic carbocycles. The maximum absolute atomic E-state index is 11.8. The van der Waals surface area contributed by atoms with Crippen LogP contribution in [0.15, 0.2) is 0 Å². The van der Waals surface area contributed by atoms with Crippen LogP contribution >= 0.6 is 0 Å². The van der Waals surface area contributed by atoms with Gasteiger partial charge in [-0.05, 0) is 0 Å². The lowest BCUT2D eigenvalue weighted by atomic mass is 10.4. The number of methoxy groups -OCH3 is 1. The van der Waals surface area contributed by atoms with E-state index in [0.717, 1.165) is 0 Å². The Morgan fingerprint density at radius 3 is 1.38 bits per heavy atom. The average molecular weight is 535 g/mol. The Bertz CT molecular complexity index is 668. The van der Waals surface area contributed by atoms with Gasteiger partial charge in [-0.2, -0.15) is 0 Å². The molecule has 0 radical (unpaired) electrons. The number of nitrogens with one attached hydrogen (secondary N) is 8. The van der Waals surface area contributed by atoms with Crippen molar-refractivity contribution in [2.24, 2.45) is 0 Å². The maximum atomic E-state index is 11.8. The molecular formula is C21H42N8O8. The average Bonchev–Trinajstić information content (AvgIpc) is 2.87. The zero-order valence-corrected chi connectivity index (χ0v) is 21.4. The van der Waals surface area contributed by atoms with Crippen molar-refractivity contribution in [3.63, 3.8) is 0 Å². The first-order valence-electron chi connectivity index (χ1n) is 12.1. The SMILES string of the molecule is COC(=O)COC(=O)CNCCNCCNCC(=O)NCCNC(=O)CNCCNCCNCC(=O)O. The number of carbonyl (C=O) groups excluding carboxylic acids is 4. The van der Waals surface area contributed by atoms with Gasteiger partial charge in [0.1, 0.15) is 0 Å². The van der Waals surface area contributed by atoms with E-state index >= 15 is 0 Å². The summed E-state index contributed by atoms with van der Waals surface area (Å²) in [5.41, 5.74) is 0. The first-order valence-corrected chi connectivity index (χ1v) is 12.1. The number of carboxylic acid groups (broad SMARTS) is 1. The van der Waals surface area contributed by atoms with Gasteiger partial charge in [-0.25, -0.2) is 4.79 Å². The molecule has 9 N–H and O–H groups in total. The van der Waals surface area contributed by atoms with Crippen LogP contribution in [0, 0.1) is 0 Å². The van der Waals surface area contributed by atoms with Gasteiger partial charge in [0.25, 0.3) is 0 Å². The van der Waals surface area contributed by atoms with E-state index in [1.807, 2.05) is 0 Å². The number of ether oxygens (including phenoxy) is 2.